The van der Waals surface area contributed by atoms with E-state index in [9.17, 15) is 14.7 Å². The highest BCUT2D eigenvalue weighted by atomic mass is 16.5. The third-order valence-electron chi connectivity index (χ3n) is 4.83. The number of esters is 1. The predicted octanol–water partition coefficient (Wildman–Crippen LogP) is 3.61. The van der Waals surface area contributed by atoms with Gasteiger partial charge in [-0.15, -0.1) is 6.58 Å². The van der Waals surface area contributed by atoms with Gasteiger partial charge >= 0.3 is 5.97 Å². The van der Waals surface area contributed by atoms with E-state index >= 15 is 0 Å². The monoisotopic (exact) mass is 334 g/mol. The number of carbonyl (C=O) groups excluding carboxylic acids is 2. The average Bonchev–Trinajstić information content (AvgIpc) is 2.43. The van der Waals surface area contributed by atoms with Gasteiger partial charge in [-0.25, -0.2) is 4.79 Å². The van der Waals surface area contributed by atoms with E-state index in [1.54, 1.807) is 13.8 Å². The number of ether oxygens (including phenoxy) is 1. The molecule has 0 spiro atoms. The molecule has 1 aliphatic rings. The van der Waals surface area contributed by atoms with Crippen molar-refractivity contribution in [3.63, 3.8) is 0 Å². The highest BCUT2D eigenvalue weighted by Crippen LogP contribution is 2.48. The average molecular weight is 334 g/mol. The standard InChI is InChI=1S/C20H30O4/c1-8-20(7)12-9-15(14(4)21)18(17(20)13(2)3)24-16(22)10-11-19(5,6)23/h8,10-11,15,17-18,23H,1-2,9,12H2,3-7H3/b11-10+/t15-,17-,18+,20-/m0/s1. The second-order valence-corrected chi connectivity index (χ2v) is 7.68. The molecular formula is C20H30O4. The molecule has 4 heteroatoms. The Balaban J connectivity index is 3.15. The fourth-order valence-electron chi connectivity index (χ4n) is 3.50. The molecule has 24 heavy (non-hydrogen) atoms. The van der Waals surface area contributed by atoms with Gasteiger partial charge in [0.25, 0.3) is 0 Å². The second kappa shape index (κ2) is 7.47. The summed E-state index contributed by atoms with van der Waals surface area (Å²) in [7, 11) is 0. The van der Waals surface area contributed by atoms with Crippen LogP contribution in [0.1, 0.15) is 47.5 Å². The molecule has 0 aromatic rings. The van der Waals surface area contributed by atoms with Gasteiger partial charge in [0.15, 0.2) is 0 Å². The van der Waals surface area contributed by atoms with E-state index in [2.05, 4.69) is 20.1 Å². The summed E-state index contributed by atoms with van der Waals surface area (Å²) in [4.78, 5) is 24.3. The number of aliphatic hydroxyl groups is 1. The van der Waals surface area contributed by atoms with E-state index in [0.717, 1.165) is 12.0 Å². The summed E-state index contributed by atoms with van der Waals surface area (Å²) in [6, 6.07) is 0. The lowest BCUT2D eigenvalue weighted by molar-refractivity contribution is -0.157. The molecule has 134 valence electrons. The van der Waals surface area contributed by atoms with Crippen molar-refractivity contribution < 1.29 is 19.4 Å². The van der Waals surface area contributed by atoms with Crippen LogP contribution in [0.5, 0.6) is 0 Å². The lowest BCUT2D eigenvalue weighted by Crippen LogP contribution is -2.49. The third-order valence-corrected chi connectivity index (χ3v) is 4.83. The van der Waals surface area contributed by atoms with Gasteiger partial charge in [-0.3, -0.25) is 4.79 Å². The maximum atomic E-state index is 12.2. The zero-order valence-corrected chi connectivity index (χ0v) is 15.5. The predicted molar refractivity (Wildman–Crippen MR) is 95.3 cm³/mol. The fourth-order valence-corrected chi connectivity index (χ4v) is 3.50. The van der Waals surface area contributed by atoms with E-state index in [0.29, 0.717) is 6.42 Å². The summed E-state index contributed by atoms with van der Waals surface area (Å²) >= 11 is 0. The molecular weight excluding hydrogens is 304 g/mol. The Labute approximate surface area is 145 Å². The van der Waals surface area contributed by atoms with Gasteiger partial charge < -0.3 is 9.84 Å². The molecule has 1 fully saturated rings. The van der Waals surface area contributed by atoms with Crippen LogP contribution in [0.3, 0.4) is 0 Å². The van der Waals surface area contributed by atoms with Crippen LogP contribution < -0.4 is 0 Å². The zero-order valence-electron chi connectivity index (χ0n) is 15.5. The van der Waals surface area contributed by atoms with Crippen molar-refractivity contribution in [2.75, 3.05) is 0 Å². The summed E-state index contributed by atoms with van der Waals surface area (Å²) in [5, 5.41) is 9.70. The van der Waals surface area contributed by atoms with E-state index in [-0.39, 0.29) is 23.0 Å². The molecule has 0 aromatic carbocycles. The van der Waals surface area contributed by atoms with Crippen LogP contribution in [0.15, 0.2) is 37.0 Å². The van der Waals surface area contributed by atoms with Crippen LogP contribution in [0.2, 0.25) is 0 Å². The molecule has 0 aromatic heterocycles. The van der Waals surface area contributed by atoms with Crippen molar-refractivity contribution in [3.05, 3.63) is 37.0 Å². The number of allylic oxidation sites excluding steroid dienone is 1. The lowest BCUT2D eigenvalue weighted by atomic mass is 9.60. The SMILES string of the molecule is C=C[C@@]1(C)CC[C@@H](C(C)=O)[C@@H](OC(=O)/C=C/C(C)(C)O)[C@@H]1C(=C)C. The summed E-state index contributed by atoms with van der Waals surface area (Å²) < 4.78 is 5.67. The van der Waals surface area contributed by atoms with Crippen molar-refractivity contribution in [1.82, 2.24) is 0 Å². The van der Waals surface area contributed by atoms with Crippen LogP contribution in [0.25, 0.3) is 0 Å². The van der Waals surface area contributed by atoms with Crippen LogP contribution in [0, 0.1) is 17.3 Å². The molecule has 0 saturated heterocycles. The Hall–Kier alpha value is -1.68. The highest BCUT2D eigenvalue weighted by molar-refractivity contribution is 5.84. The maximum absolute atomic E-state index is 12.2. The quantitative estimate of drug-likeness (QED) is 0.458. The Morgan fingerprint density at radius 3 is 2.33 bits per heavy atom. The molecule has 1 aliphatic carbocycles. The van der Waals surface area contributed by atoms with Crippen molar-refractivity contribution in [2.45, 2.75) is 59.2 Å². The van der Waals surface area contributed by atoms with Crippen molar-refractivity contribution in [3.8, 4) is 0 Å². The molecule has 0 radical (unpaired) electrons. The van der Waals surface area contributed by atoms with Gasteiger partial charge in [-0.05, 0) is 52.0 Å². The van der Waals surface area contributed by atoms with Crippen molar-refractivity contribution in [2.24, 2.45) is 17.3 Å². The van der Waals surface area contributed by atoms with Gasteiger partial charge in [0.05, 0.1) is 11.5 Å². The normalized spacial score (nSPS) is 30.8. The molecule has 1 rings (SSSR count). The number of ketones is 1. The van der Waals surface area contributed by atoms with Crippen LogP contribution >= 0.6 is 0 Å². The number of hydrogen-bond donors (Lipinski definition) is 1. The van der Waals surface area contributed by atoms with E-state index in [1.165, 1.54) is 19.1 Å². The Morgan fingerprint density at radius 1 is 1.33 bits per heavy atom. The number of hydrogen-bond acceptors (Lipinski definition) is 4. The summed E-state index contributed by atoms with van der Waals surface area (Å²) in [5.74, 6) is -1.07. The third kappa shape index (κ3) is 4.91. The van der Waals surface area contributed by atoms with Crippen molar-refractivity contribution >= 4 is 11.8 Å². The number of Topliss-reactive ketones (excluding diaryl/α,β-unsaturated/α-hetero) is 1. The molecule has 0 aliphatic heterocycles. The first-order valence-corrected chi connectivity index (χ1v) is 8.33. The molecule has 4 atom stereocenters. The van der Waals surface area contributed by atoms with E-state index in [1.807, 2.05) is 13.0 Å². The highest BCUT2D eigenvalue weighted by Gasteiger charge is 2.48. The minimum Gasteiger partial charge on any atom is -0.458 e. The summed E-state index contributed by atoms with van der Waals surface area (Å²) in [5.41, 5.74) is -0.509. The topological polar surface area (TPSA) is 63.6 Å². The molecule has 0 bridgehead atoms. The molecule has 4 nitrogen and oxygen atoms in total. The number of rotatable bonds is 6. The molecule has 0 unspecified atom stereocenters. The van der Waals surface area contributed by atoms with Crippen molar-refractivity contribution in [1.29, 1.82) is 0 Å². The van der Waals surface area contributed by atoms with Crippen LogP contribution in [-0.2, 0) is 14.3 Å². The zero-order chi connectivity index (χ0) is 18.7. The first kappa shape index (κ1) is 20.4. The molecule has 0 amide bonds. The van der Waals surface area contributed by atoms with Gasteiger partial charge in [0, 0.05) is 12.0 Å². The van der Waals surface area contributed by atoms with E-state index < -0.39 is 17.7 Å². The first-order chi connectivity index (χ1) is 10.9. The van der Waals surface area contributed by atoms with Gasteiger partial charge in [-0.1, -0.05) is 25.2 Å². The molecule has 1 N–H and O–H groups in total. The smallest absolute Gasteiger partial charge is 0.330 e. The van der Waals surface area contributed by atoms with Gasteiger partial charge in [0.1, 0.15) is 11.9 Å². The second-order valence-electron chi connectivity index (χ2n) is 7.68. The van der Waals surface area contributed by atoms with Crippen LogP contribution in [-0.4, -0.2) is 28.6 Å². The first-order valence-electron chi connectivity index (χ1n) is 8.33. The van der Waals surface area contributed by atoms with Gasteiger partial charge in [-0.2, -0.15) is 0 Å². The van der Waals surface area contributed by atoms with Crippen LogP contribution in [0.4, 0.5) is 0 Å². The van der Waals surface area contributed by atoms with E-state index in [4.69, 9.17) is 4.74 Å². The molecule has 0 heterocycles. The Bertz CT molecular complexity index is 552. The minimum atomic E-state index is -1.10. The molecule has 1 saturated carbocycles. The minimum absolute atomic E-state index is 0.0108. The summed E-state index contributed by atoms with van der Waals surface area (Å²) in [6.07, 6.45) is 5.34. The summed E-state index contributed by atoms with van der Waals surface area (Å²) in [6.45, 7) is 16.6. The Morgan fingerprint density at radius 2 is 1.92 bits per heavy atom. The number of carbonyl (C=O) groups is 2. The Kier molecular flexibility index (Phi) is 6.34. The lowest BCUT2D eigenvalue weighted by Gasteiger charge is -2.47. The fraction of sp³-hybridized carbons (Fsp3) is 0.600. The largest absolute Gasteiger partial charge is 0.458 e. The van der Waals surface area contributed by atoms with Gasteiger partial charge in [0.2, 0.25) is 0 Å². The maximum Gasteiger partial charge on any atom is 0.330 e.